The third-order valence-corrected chi connectivity index (χ3v) is 3.98. The van der Waals surface area contributed by atoms with E-state index in [0.717, 1.165) is 12.5 Å². The Morgan fingerprint density at radius 2 is 1.44 bits per heavy atom. The summed E-state index contributed by atoms with van der Waals surface area (Å²) < 4.78 is 4.54. The number of hydrogen-bond acceptors (Lipinski definition) is 3. The summed E-state index contributed by atoms with van der Waals surface area (Å²) in [6.07, 6.45) is 11.9. The lowest BCUT2D eigenvalue weighted by molar-refractivity contribution is 0.174. The molecule has 0 aromatic rings. The van der Waals surface area contributed by atoms with E-state index in [1.807, 2.05) is 6.92 Å². The standard InChI is InChI=1S/C12H23N.C3H8O.H3N/c1-3-7-12(8-4-1)11-13-9-5-2-6-10-13;1-3-4-2;/h12H,1-11H2;3H2,1-2H3;1H3. The number of likely N-dealkylation sites (tertiary alicyclic amines) is 1. The first-order chi connectivity index (χ1) is 8.36. The van der Waals surface area contributed by atoms with Crippen LogP contribution < -0.4 is 6.15 Å². The predicted octanol–water partition coefficient (Wildman–Crippen LogP) is 3.87. The second kappa shape index (κ2) is 11.9. The molecule has 3 N–H and O–H groups in total. The Hall–Kier alpha value is -0.120. The predicted molar refractivity (Wildman–Crippen MR) is 79.4 cm³/mol. The van der Waals surface area contributed by atoms with Crippen LogP contribution in [0.25, 0.3) is 0 Å². The van der Waals surface area contributed by atoms with Gasteiger partial charge in [-0.1, -0.05) is 25.7 Å². The van der Waals surface area contributed by atoms with Gasteiger partial charge in [-0.05, 0) is 51.6 Å². The van der Waals surface area contributed by atoms with Gasteiger partial charge in [0.25, 0.3) is 0 Å². The highest BCUT2D eigenvalue weighted by Gasteiger charge is 2.18. The van der Waals surface area contributed by atoms with Crippen LogP contribution in [0.1, 0.15) is 58.3 Å². The summed E-state index contributed by atoms with van der Waals surface area (Å²) in [6.45, 7) is 6.97. The molecule has 0 unspecified atom stereocenters. The van der Waals surface area contributed by atoms with Gasteiger partial charge in [0, 0.05) is 20.3 Å². The van der Waals surface area contributed by atoms with Gasteiger partial charge < -0.3 is 15.8 Å². The fraction of sp³-hybridized carbons (Fsp3) is 1.00. The zero-order valence-electron chi connectivity index (χ0n) is 12.6. The van der Waals surface area contributed by atoms with Crippen LogP contribution in [-0.2, 0) is 4.74 Å². The van der Waals surface area contributed by atoms with Gasteiger partial charge in [-0.15, -0.1) is 0 Å². The molecule has 2 rings (SSSR count). The number of hydrogen-bond donors (Lipinski definition) is 1. The summed E-state index contributed by atoms with van der Waals surface area (Å²) in [5, 5.41) is 0. The molecule has 0 radical (unpaired) electrons. The van der Waals surface area contributed by atoms with Gasteiger partial charge in [-0.3, -0.25) is 0 Å². The number of ether oxygens (including phenoxy) is 1. The lowest BCUT2D eigenvalue weighted by Crippen LogP contribution is -2.34. The van der Waals surface area contributed by atoms with E-state index in [9.17, 15) is 0 Å². The first kappa shape index (κ1) is 17.9. The molecular weight excluding hydrogens is 224 g/mol. The molecule has 110 valence electrons. The zero-order valence-corrected chi connectivity index (χ0v) is 12.6. The fourth-order valence-corrected chi connectivity index (χ4v) is 2.88. The number of rotatable bonds is 3. The molecule has 0 spiro atoms. The van der Waals surface area contributed by atoms with Crippen LogP contribution in [0.3, 0.4) is 0 Å². The average molecular weight is 258 g/mol. The van der Waals surface area contributed by atoms with E-state index >= 15 is 0 Å². The molecule has 1 aliphatic carbocycles. The topological polar surface area (TPSA) is 47.5 Å². The van der Waals surface area contributed by atoms with Crippen LogP contribution in [-0.4, -0.2) is 38.3 Å². The van der Waals surface area contributed by atoms with Gasteiger partial charge in [0.2, 0.25) is 0 Å². The molecule has 3 nitrogen and oxygen atoms in total. The van der Waals surface area contributed by atoms with Gasteiger partial charge in [0.1, 0.15) is 0 Å². The van der Waals surface area contributed by atoms with Crippen molar-refractivity contribution in [2.24, 2.45) is 5.92 Å². The van der Waals surface area contributed by atoms with E-state index in [-0.39, 0.29) is 6.15 Å². The molecule has 1 saturated carbocycles. The summed E-state index contributed by atoms with van der Waals surface area (Å²) >= 11 is 0. The van der Waals surface area contributed by atoms with Crippen molar-refractivity contribution < 1.29 is 4.74 Å². The van der Waals surface area contributed by atoms with E-state index < -0.39 is 0 Å². The van der Waals surface area contributed by atoms with Crippen molar-refractivity contribution in [1.29, 1.82) is 0 Å². The summed E-state index contributed by atoms with van der Waals surface area (Å²) in [4.78, 5) is 2.71. The maximum absolute atomic E-state index is 4.54. The molecule has 1 saturated heterocycles. The Kier molecular flexibility index (Phi) is 11.9. The van der Waals surface area contributed by atoms with Crippen molar-refractivity contribution in [1.82, 2.24) is 11.1 Å². The Bertz CT molecular complexity index is 146. The van der Waals surface area contributed by atoms with E-state index in [1.54, 1.807) is 7.11 Å². The van der Waals surface area contributed by atoms with Crippen LogP contribution in [0.5, 0.6) is 0 Å². The van der Waals surface area contributed by atoms with E-state index in [1.165, 1.54) is 71.0 Å². The van der Waals surface area contributed by atoms with Crippen LogP contribution in [0.4, 0.5) is 0 Å². The lowest BCUT2D eigenvalue weighted by atomic mass is 9.88. The summed E-state index contributed by atoms with van der Waals surface area (Å²) in [7, 11) is 1.68. The Morgan fingerprint density at radius 1 is 0.944 bits per heavy atom. The number of nitrogens with zero attached hydrogens (tertiary/aromatic N) is 1. The van der Waals surface area contributed by atoms with Gasteiger partial charge in [0.15, 0.2) is 0 Å². The number of piperidine rings is 1. The normalized spacial score (nSPS) is 21.7. The highest BCUT2D eigenvalue weighted by atomic mass is 16.5. The maximum Gasteiger partial charge on any atom is 0.0433 e. The highest BCUT2D eigenvalue weighted by molar-refractivity contribution is 4.72. The van der Waals surface area contributed by atoms with Crippen molar-refractivity contribution in [3.05, 3.63) is 0 Å². The fourth-order valence-electron chi connectivity index (χ4n) is 2.88. The molecule has 0 atom stereocenters. The third-order valence-electron chi connectivity index (χ3n) is 3.98. The quantitative estimate of drug-likeness (QED) is 0.836. The first-order valence-corrected chi connectivity index (χ1v) is 7.58. The van der Waals surface area contributed by atoms with Crippen LogP contribution in [0, 0.1) is 5.92 Å². The Balaban J connectivity index is 0.000000512. The SMILES string of the molecule is C1CCC(CN2CCCCC2)CC1.CCOC.N. The molecule has 2 aliphatic rings. The highest BCUT2D eigenvalue weighted by Crippen LogP contribution is 2.25. The minimum absolute atomic E-state index is 0. The van der Waals surface area contributed by atoms with Crippen LogP contribution in [0.2, 0.25) is 0 Å². The van der Waals surface area contributed by atoms with E-state index in [4.69, 9.17) is 0 Å². The first-order valence-electron chi connectivity index (χ1n) is 7.58. The van der Waals surface area contributed by atoms with Crippen LogP contribution in [0.15, 0.2) is 0 Å². The zero-order chi connectivity index (χ0) is 12.3. The minimum atomic E-state index is 0. The molecule has 0 amide bonds. The van der Waals surface area contributed by atoms with Crippen molar-refractivity contribution in [2.75, 3.05) is 33.4 Å². The summed E-state index contributed by atoms with van der Waals surface area (Å²) in [5.41, 5.74) is 0. The molecule has 0 aromatic heterocycles. The van der Waals surface area contributed by atoms with Gasteiger partial charge in [-0.25, -0.2) is 0 Å². The second-order valence-corrected chi connectivity index (χ2v) is 5.44. The molecular formula is C15H34N2O. The third kappa shape index (κ3) is 8.06. The van der Waals surface area contributed by atoms with Crippen molar-refractivity contribution in [2.45, 2.75) is 58.3 Å². The summed E-state index contributed by atoms with van der Waals surface area (Å²) in [6, 6.07) is 0. The summed E-state index contributed by atoms with van der Waals surface area (Å²) in [5.74, 6) is 1.05. The van der Waals surface area contributed by atoms with E-state index in [0.29, 0.717) is 0 Å². The smallest absolute Gasteiger partial charge is 0.0433 e. The largest absolute Gasteiger partial charge is 0.385 e. The van der Waals surface area contributed by atoms with Gasteiger partial charge in [0.05, 0.1) is 0 Å². The monoisotopic (exact) mass is 258 g/mol. The second-order valence-electron chi connectivity index (χ2n) is 5.44. The molecule has 3 heteroatoms. The molecule has 1 heterocycles. The Labute approximate surface area is 114 Å². The molecule has 0 aromatic carbocycles. The van der Waals surface area contributed by atoms with Crippen molar-refractivity contribution in [3.8, 4) is 0 Å². The number of methoxy groups -OCH3 is 1. The molecule has 1 aliphatic heterocycles. The van der Waals surface area contributed by atoms with Gasteiger partial charge in [-0.2, -0.15) is 0 Å². The van der Waals surface area contributed by atoms with Crippen molar-refractivity contribution in [3.63, 3.8) is 0 Å². The lowest BCUT2D eigenvalue weighted by Gasteiger charge is -2.32. The molecule has 18 heavy (non-hydrogen) atoms. The minimum Gasteiger partial charge on any atom is -0.385 e. The van der Waals surface area contributed by atoms with E-state index in [2.05, 4.69) is 9.64 Å². The van der Waals surface area contributed by atoms with Gasteiger partial charge >= 0.3 is 0 Å². The van der Waals surface area contributed by atoms with Crippen molar-refractivity contribution >= 4 is 0 Å². The van der Waals surface area contributed by atoms with Crippen LogP contribution >= 0.6 is 0 Å². The average Bonchev–Trinajstić information content (AvgIpc) is 2.41. The molecule has 0 bridgehead atoms. The molecule has 2 fully saturated rings. The Morgan fingerprint density at radius 3 is 1.94 bits per heavy atom. The maximum atomic E-state index is 4.54.